The lowest BCUT2D eigenvalue weighted by atomic mass is 10.0. The third kappa shape index (κ3) is 7.71. The monoisotopic (exact) mass is 268 g/mol. The highest BCUT2D eigenvalue weighted by Gasteiger charge is 2.18. The second-order valence-corrected chi connectivity index (χ2v) is 6.55. The molecule has 112 valence electrons. The number of hydrogen-bond acceptors (Lipinski definition) is 3. The normalized spacial score (nSPS) is 19.7. The van der Waals surface area contributed by atoms with Gasteiger partial charge in [-0.3, -0.25) is 4.90 Å². The molecule has 3 nitrogen and oxygen atoms in total. The van der Waals surface area contributed by atoms with E-state index >= 15 is 0 Å². The third-order valence-electron chi connectivity index (χ3n) is 3.73. The van der Waals surface area contributed by atoms with Gasteiger partial charge in [0.1, 0.15) is 0 Å². The zero-order valence-corrected chi connectivity index (χ0v) is 13.2. The zero-order chi connectivity index (χ0) is 14.3. The molecule has 0 saturated carbocycles. The van der Waals surface area contributed by atoms with Crippen molar-refractivity contribution in [1.82, 2.24) is 10.2 Å². The molecular formula is C16H32N2O. The number of nitrogens with one attached hydrogen (secondary N) is 1. The number of rotatable bonds is 7. The average Bonchev–Trinajstić information content (AvgIpc) is 2.34. The summed E-state index contributed by atoms with van der Waals surface area (Å²) in [5.74, 6) is 0.572. The molecule has 1 unspecified atom stereocenters. The zero-order valence-electron chi connectivity index (χ0n) is 13.2. The van der Waals surface area contributed by atoms with Crippen molar-refractivity contribution < 1.29 is 5.11 Å². The molecule has 1 atom stereocenters. The Hall–Kier alpha value is -0.380. The van der Waals surface area contributed by atoms with Crippen LogP contribution < -0.4 is 5.32 Å². The summed E-state index contributed by atoms with van der Waals surface area (Å²) >= 11 is 0. The van der Waals surface area contributed by atoms with E-state index in [-0.39, 0.29) is 6.10 Å². The van der Waals surface area contributed by atoms with E-state index in [0.717, 1.165) is 19.5 Å². The van der Waals surface area contributed by atoms with Crippen molar-refractivity contribution in [2.75, 3.05) is 26.2 Å². The third-order valence-corrected chi connectivity index (χ3v) is 3.73. The topological polar surface area (TPSA) is 35.5 Å². The summed E-state index contributed by atoms with van der Waals surface area (Å²) in [6, 6.07) is 0.588. The highest BCUT2D eigenvalue weighted by atomic mass is 16.3. The van der Waals surface area contributed by atoms with E-state index in [1.807, 2.05) is 0 Å². The number of likely N-dealkylation sites (tertiary alicyclic amines) is 1. The van der Waals surface area contributed by atoms with Crippen molar-refractivity contribution in [2.45, 2.75) is 59.1 Å². The van der Waals surface area contributed by atoms with E-state index in [2.05, 4.69) is 44.0 Å². The summed E-state index contributed by atoms with van der Waals surface area (Å²) in [7, 11) is 0. The molecule has 0 aromatic rings. The first-order chi connectivity index (χ1) is 8.97. The number of aliphatic hydroxyl groups is 1. The lowest BCUT2D eigenvalue weighted by molar-refractivity contribution is 0.133. The van der Waals surface area contributed by atoms with Crippen molar-refractivity contribution in [3.8, 4) is 0 Å². The summed E-state index contributed by atoms with van der Waals surface area (Å²) in [6.07, 6.45) is 5.41. The summed E-state index contributed by atoms with van der Waals surface area (Å²) < 4.78 is 0. The van der Waals surface area contributed by atoms with Crippen LogP contribution in [0.15, 0.2) is 11.6 Å². The first-order valence-electron chi connectivity index (χ1n) is 7.74. The molecule has 1 fully saturated rings. The van der Waals surface area contributed by atoms with Gasteiger partial charge in [-0.05, 0) is 52.1 Å². The summed E-state index contributed by atoms with van der Waals surface area (Å²) in [6.45, 7) is 12.8. The van der Waals surface area contributed by atoms with Gasteiger partial charge in [0, 0.05) is 19.1 Å². The van der Waals surface area contributed by atoms with Gasteiger partial charge in [0.05, 0.1) is 6.10 Å². The Morgan fingerprint density at radius 3 is 2.47 bits per heavy atom. The molecule has 0 aliphatic carbocycles. The maximum atomic E-state index is 9.87. The summed E-state index contributed by atoms with van der Waals surface area (Å²) in [5, 5.41) is 13.4. The molecule has 0 amide bonds. The van der Waals surface area contributed by atoms with Crippen LogP contribution in [0.25, 0.3) is 0 Å². The molecule has 2 N–H and O–H groups in total. The van der Waals surface area contributed by atoms with Gasteiger partial charge in [0.15, 0.2) is 0 Å². The maximum Gasteiger partial charge on any atom is 0.0667 e. The molecule has 19 heavy (non-hydrogen) atoms. The van der Waals surface area contributed by atoms with Gasteiger partial charge in [0.25, 0.3) is 0 Å². The van der Waals surface area contributed by atoms with Crippen molar-refractivity contribution in [3.63, 3.8) is 0 Å². The molecule has 0 aromatic carbocycles. The van der Waals surface area contributed by atoms with Crippen LogP contribution in [0.3, 0.4) is 0 Å². The van der Waals surface area contributed by atoms with Crippen LogP contribution in [-0.4, -0.2) is 48.3 Å². The van der Waals surface area contributed by atoms with Crippen molar-refractivity contribution in [1.29, 1.82) is 0 Å². The van der Waals surface area contributed by atoms with Gasteiger partial charge in [-0.25, -0.2) is 0 Å². The van der Waals surface area contributed by atoms with Crippen molar-refractivity contribution in [2.24, 2.45) is 5.92 Å². The van der Waals surface area contributed by atoms with Crippen LogP contribution >= 0.6 is 0 Å². The van der Waals surface area contributed by atoms with E-state index in [4.69, 9.17) is 0 Å². The van der Waals surface area contributed by atoms with E-state index in [1.165, 1.54) is 31.5 Å². The molecular weight excluding hydrogens is 236 g/mol. The van der Waals surface area contributed by atoms with Crippen molar-refractivity contribution in [3.05, 3.63) is 11.6 Å². The SMILES string of the molecule is CC(C)=CCN1CCC(NCC(O)CC(C)C)CC1. The lowest BCUT2D eigenvalue weighted by Gasteiger charge is -2.32. The number of nitrogens with zero attached hydrogens (tertiary/aromatic N) is 1. The highest BCUT2D eigenvalue weighted by molar-refractivity contribution is 4.95. The first-order valence-corrected chi connectivity index (χ1v) is 7.74. The predicted octanol–water partition coefficient (Wildman–Crippen LogP) is 2.41. The Kier molecular flexibility index (Phi) is 7.66. The fourth-order valence-electron chi connectivity index (χ4n) is 2.56. The number of aliphatic hydroxyl groups excluding tert-OH is 1. The number of allylic oxidation sites excluding steroid dienone is 1. The van der Waals surface area contributed by atoms with Gasteiger partial charge in [-0.2, -0.15) is 0 Å². The number of piperidine rings is 1. The lowest BCUT2D eigenvalue weighted by Crippen LogP contribution is -2.44. The Bertz CT molecular complexity index is 264. The largest absolute Gasteiger partial charge is 0.392 e. The van der Waals surface area contributed by atoms with E-state index in [0.29, 0.717) is 12.0 Å². The fraction of sp³-hybridized carbons (Fsp3) is 0.875. The van der Waals surface area contributed by atoms with Crippen LogP contribution in [-0.2, 0) is 0 Å². The molecule has 3 heteroatoms. The fourth-order valence-corrected chi connectivity index (χ4v) is 2.56. The Balaban J connectivity index is 2.14. The molecule has 1 saturated heterocycles. The minimum atomic E-state index is -0.191. The molecule has 1 heterocycles. The van der Waals surface area contributed by atoms with Crippen LogP contribution in [0.5, 0.6) is 0 Å². The van der Waals surface area contributed by atoms with Gasteiger partial charge >= 0.3 is 0 Å². The molecule has 0 spiro atoms. The Morgan fingerprint density at radius 2 is 1.95 bits per heavy atom. The van der Waals surface area contributed by atoms with Crippen LogP contribution in [0.2, 0.25) is 0 Å². The Morgan fingerprint density at radius 1 is 1.32 bits per heavy atom. The van der Waals surface area contributed by atoms with Crippen LogP contribution in [0.4, 0.5) is 0 Å². The van der Waals surface area contributed by atoms with E-state index in [9.17, 15) is 5.11 Å². The summed E-state index contributed by atoms with van der Waals surface area (Å²) in [5.41, 5.74) is 1.40. The first kappa shape index (κ1) is 16.7. The van der Waals surface area contributed by atoms with Gasteiger partial charge in [-0.1, -0.05) is 25.5 Å². The molecule has 0 aromatic heterocycles. The van der Waals surface area contributed by atoms with Crippen molar-refractivity contribution >= 4 is 0 Å². The minimum absolute atomic E-state index is 0.191. The average molecular weight is 268 g/mol. The Labute approximate surface area is 119 Å². The number of hydrogen-bond donors (Lipinski definition) is 2. The second-order valence-electron chi connectivity index (χ2n) is 6.55. The molecule has 0 bridgehead atoms. The maximum absolute atomic E-state index is 9.87. The van der Waals surface area contributed by atoms with Gasteiger partial charge in [-0.15, -0.1) is 0 Å². The molecule has 1 rings (SSSR count). The molecule has 1 aliphatic rings. The van der Waals surface area contributed by atoms with E-state index < -0.39 is 0 Å². The van der Waals surface area contributed by atoms with Gasteiger partial charge < -0.3 is 10.4 Å². The molecule has 1 aliphatic heterocycles. The minimum Gasteiger partial charge on any atom is -0.392 e. The van der Waals surface area contributed by atoms with Crippen LogP contribution in [0, 0.1) is 5.92 Å². The van der Waals surface area contributed by atoms with Crippen LogP contribution in [0.1, 0.15) is 47.0 Å². The second kappa shape index (κ2) is 8.72. The highest BCUT2D eigenvalue weighted by Crippen LogP contribution is 2.11. The quantitative estimate of drug-likeness (QED) is 0.696. The predicted molar refractivity (Wildman–Crippen MR) is 82.4 cm³/mol. The standard InChI is InChI=1S/C16H32N2O/c1-13(2)5-8-18-9-6-15(7-10-18)17-12-16(19)11-14(3)4/h5,14-17,19H,6-12H2,1-4H3. The van der Waals surface area contributed by atoms with Gasteiger partial charge in [0.2, 0.25) is 0 Å². The molecule has 0 radical (unpaired) electrons. The summed E-state index contributed by atoms with van der Waals surface area (Å²) in [4.78, 5) is 2.51. The smallest absolute Gasteiger partial charge is 0.0667 e. The van der Waals surface area contributed by atoms with E-state index in [1.54, 1.807) is 0 Å².